The number of pyridine rings is 1. The summed E-state index contributed by atoms with van der Waals surface area (Å²) in [5.74, 6) is 0.790. The number of aromatic nitrogens is 3. The van der Waals surface area contributed by atoms with Gasteiger partial charge in [0.05, 0.1) is 5.56 Å². The molecule has 0 amide bonds. The number of aryl methyl sites for hydroxylation is 3. The van der Waals surface area contributed by atoms with E-state index in [9.17, 15) is 0 Å². The molecule has 5 nitrogen and oxygen atoms in total. The van der Waals surface area contributed by atoms with Crippen LogP contribution in [0.15, 0.2) is 15.3 Å². The van der Waals surface area contributed by atoms with E-state index in [1.165, 1.54) is 23.3 Å². The Bertz CT molecular complexity index is 605. The van der Waals surface area contributed by atoms with Crippen LogP contribution < -0.4 is 5.73 Å². The van der Waals surface area contributed by atoms with Gasteiger partial charge in [-0.2, -0.15) is 4.37 Å². The van der Waals surface area contributed by atoms with Gasteiger partial charge in [-0.1, -0.05) is 11.8 Å². The van der Waals surface area contributed by atoms with Gasteiger partial charge in [0.25, 0.3) is 0 Å². The largest absolute Gasteiger partial charge is 0.384 e. The first kappa shape index (κ1) is 13.0. The summed E-state index contributed by atoms with van der Waals surface area (Å²) < 4.78 is 4.99. The number of hydrogen-bond acceptors (Lipinski definition) is 6. The first-order chi connectivity index (χ1) is 8.47. The second-order valence-corrected chi connectivity index (χ2v) is 5.89. The molecule has 0 radical (unpaired) electrons. The van der Waals surface area contributed by atoms with Gasteiger partial charge in [-0.15, -0.1) is 0 Å². The van der Waals surface area contributed by atoms with Crippen LogP contribution in [0.5, 0.6) is 0 Å². The molecule has 2 aromatic rings. The maximum atomic E-state index is 7.65. The molecule has 0 aliphatic carbocycles. The second-order valence-electron chi connectivity index (χ2n) is 3.85. The molecule has 2 aromatic heterocycles. The van der Waals surface area contributed by atoms with Crippen molar-refractivity contribution in [3.63, 3.8) is 0 Å². The van der Waals surface area contributed by atoms with E-state index in [0.717, 1.165) is 26.4 Å². The minimum Gasteiger partial charge on any atom is -0.384 e. The molecule has 0 bridgehead atoms. The van der Waals surface area contributed by atoms with Crippen LogP contribution in [0.3, 0.4) is 0 Å². The van der Waals surface area contributed by atoms with Crippen molar-refractivity contribution in [3.8, 4) is 0 Å². The number of nitrogens with two attached hydrogens (primary N) is 1. The molecular formula is C11H13N5S2. The highest BCUT2D eigenvalue weighted by atomic mass is 32.2. The predicted molar refractivity (Wildman–Crippen MR) is 73.5 cm³/mol. The Morgan fingerprint density at radius 3 is 2.61 bits per heavy atom. The van der Waals surface area contributed by atoms with Crippen molar-refractivity contribution in [3.05, 3.63) is 28.8 Å². The maximum Gasteiger partial charge on any atom is 0.174 e. The molecule has 3 N–H and O–H groups in total. The summed E-state index contributed by atoms with van der Waals surface area (Å²) in [6.45, 7) is 5.64. The fourth-order valence-electron chi connectivity index (χ4n) is 1.61. The third-order valence-electron chi connectivity index (χ3n) is 2.27. The lowest BCUT2D eigenvalue weighted by Crippen LogP contribution is -2.15. The van der Waals surface area contributed by atoms with Gasteiger partial charge in [0.1, 0.15) is 11.7 Å². The number of nitrogens with zero attached hydrogens (tertiary/aromatic N) is 3. The van der Waals surface area contributed by atoms with E-state index in [1.54, 1.807) is 0 Å². The molecule has 0 spiro atoms. The van der Waals surface area contributed by atoms with Crippen molar-refractivity contribution in [1.82, 2.24) is 14.3 Å². The van der Waals surface area contributed by atoms with Gasteiger partial charge in [0, 0.05) is 16.3 Å². The SMILES string of the molecule is Cc1cc(Sc2nc(C)ns2)c(C(=N)N)c(C)n1. The van der Waals surface area contributed by atoms with Gasteiger partial charge in [0.2, 0.25) is 0 Å². The first-order valence-corrected chi connectivity index (χ1v) is 6.87. The molecule has 7 heteroatoms. The average Bonchev–Trinajstić information content (AvgIpc) is 2.62. The average molecular weight is 279 g/mol. The van der Waals surface area contributed by atoms with Gasteiger partial charge in [-0.25, -0.2) is 4.98 Å². The fraction of sp³-hybridized carbons (Fsp3) is 0.273. The van der Waals surface area contributed by atoms with Crippen molar-refractivity contribution >= 4 is 29.1 Å². The van der Waals surface area contributed by atoms with Crippen LogP contribution in [0.2, 0.25) is 0 Å². The standard InChI is InChI=1S/C11H13N5S2/c1-5-4-8(9(10(12)13)6(2)14-5)17-11-15-7(3)16-18-11/h4H,1-3H3,(H3,12,13). The number of nitrogen functional groups attached to an aromatic ring is 1. The highest BCUT2D eigenvalue weighted by Crippen LogP contribution is 2.32. The Balaban J connectivity index is 2.45. The number of rotatable bonds is 3. The van der Waals surface area contributed by atoms with E-state index in [4.69, 9.17) is 11.1 Å². The normalized spacial score (nSPS) is 10.6. The highest BCUT2D eigenvalue weighted by molar-refractivity contribution is 8.01. The molecule has 18 heavy (non-hydrogen) atoms. The second kappa shape index (κ2) is 5.03. The van der Waals surface area contributed by atoms with Gasteiger partial charge in [-0.3, -0.25) is 10.4 Å². The molecule has 0 saturated heterocycles. The zero-order chi connectivity index (χ0) is 13.3. The van der Waals surface area contributed by atoms with Gasteiger partial charge in [-0.05, 0) is 38.4 Å². The summed E-state index contributed by atoms with van der Waals surface area (Å²) in [6, 6.07) is 1.92. The fourth-order valence-corrected chi connectivity index (χ4v) is 3.52. The zero-order valence-electron chi connectivity index (χ0n) is 10.3. The molecule has 0 unspecified atom stereocenters. The smallest absolute Gasteiger partial charge is 0.174 e. The number of hydrogen-bond donors (Lipinski definition) is 2. The van der Waals surface area contributed by atoms with E-state index < -0.39 is 0 Å². The lowest BCUT2D eigenvalue weighted by Gasteiger charge is -2.10. The molecule has 94 valence electrons. The minimum atomic E-state index is 0.0312. The Labute approximate surface area is 114 Å². The molecule has 0 saturated carbocycles. The van der Waals surface area contributed by atoms with Crippen molar-refractivity contribution in [1.29, 1.82) is 5.41 Å². The lowest BCUT2D eigenvalue weighted by atomic mass is 10.1. The monoisotopic (exact) mass is 279 g/mol. The van der Waals surface area contributed by atoms with Gasteiger partial charge in [0.15, 0.2) is 4.34 Å². The third kappa shape index (κ3) is 2.68. The summed E-state index contributed by atoms with van der Waals surface area (Å²) >= 11 is 2.82. The van der Waals surface area contributed by atoms with Crippen LogP contribution in [0, 0.1) is 26.2 Å². The quantitative estimate of drug-likeness (QED) is 0.664. The lowest BCUT2D eigenvalue weighted by molar-refractivity contribution is 1.06. The Morgan fingerprint density at radius 1 is 1.33 bits per heavy atom. The highest BCUT2D eigenvalue weighted by Gasteiger charge is 2.14. The Kier molecular flexibility index (Phi) is 3.63. The Morgan fingerprint density at radius 2 is 2.06 bits per heavy atom. The van der Waals surface area contributed by atoms with Gasteiger partial charge < -0.3 is 5.73 Å². The van der Waals surface area contributed by atoms with Crippen LogP contribution in [-0.2, 0) is 0 Å². The molecule has 2 heterocycles. The van der Waals surface area contributed by atoms with Crippen LogP contribution >= 0.6 is 23.3 Å². The van der Waals surface area contributed by atoms with E-state index in [1.807, 2.05) is 26.8 Å². The molecule has 0 aliphatic rings. The molecule has 0 atom stereocenters. The van der Waals surface area contributed by atoms with E-state index in [0.29, 0.717) is 5.56 Å². The van der Waals surface area contributed by atoms with Crippen molar-refractivity contribution in [2.75, 3.05) is 0 Å². The van der Waals surface area contributed by atoms with Crippen molar-refractivity contribution in [2.45, 2.75) is 30.0 Å². The summed E-state index contributed by atoms with van der Waals surface area (Å²) in [4.78, 5) is 9.55. The molecule has 0 aromatic carbocycles. The topological polar surface area (TPSA) is 88.5 Å². The predicted octanol–water partition coefficient (Wildman–Crippen LogP) is 2.29. The van der Waals surface area contributed by atoms with Crippen LogP contribution in [0.25, 0.3) is 0 Å². The number of nitrogens with one attached hydrogen (secondary N) is 1. The van der Waals surface area contributed by atoms with E-state index in [-0.39, 0.29) is 5.84 Å². The molecule has 0 aliphatic heterocycles. The summed E-state index contributed by atoms with van der Waals surface area (Å²) in [6.07, 6.45) is 0. The van der Waals surface area contributed by atoms with Crippen molar-refractivity contribution in [2.24, 2.45) is 5.73 Å². The summed E-state index contributed by atoms with van der Waals surface area (Å²) in [5, 5.41) is 7.65. The van der Waals surface area contributed by atoms with Crippen LogP contribution in [0.1, 0.15) is 22.8 Å². The zero-order valence-corrected chi connectivity index (χ0v) is 11.9. The molecule has 2 rings (SSSR count). The van der Waals surface area contributed by atoms with E-state index in [2.05, 4.69) is 14.3 Å². The number of amidine groups is 1. The molecular weight excluding hydrogens is 266 g/mol. The third-order valence-corrected chi connectivity index (χ3v) is 4.15. The minimum absolute atomic E-state index is 0.0312. The first-order valence-electron chi connectivity index (χ1n) is 5.28. The summed E-state index contributed by atoms with van der Waals surface area (Å²) in [5.41, 5.74) is 7.97. The Hall–Kier alpha value is -1.47. The molecule has 0 fully saturated rings. The van der Waals surface area contributed by atoms with Crippen molar-refractivity contribution < 1.29 is 0 Å². The maximum absolute atomic E-state index is 7.65. The van der Waals surface area contributed by atoms with Gasteiger partial charge >= 0.3 is 0 Å². The van der Waals surface area contributed by atoms with Crippen LogP contribution in [-0.4, -0.2) is 20.2 Å². The van der Waals surface area contributed by atoms with E-state index >= 15 is 0 Å². The summed E-state index contributed by atoms with van der Waals surface area (Å²) in [7, 11) is 0. The van der Waals surface area contributed by atoms with Crippen LogP contribution in [0.4, 0.5) is 0 Å².